The van der Waals surface area contributed by atoms with Crippen molar-refractivity contribution in [1.82, 2.24) is 0 Å². The zero-order valence-electron chi connectivity index (χ0n) is 9.98. The van der Waals surface area contributed by atoms with E-state index in [-0.39, 0.29) is 5.38 Å². The zero-order valence-corrected chi connectivity index (χ0v) is 13.9. The van der Waals surface area contributed by atoms with Gasteiger partial charge in [0.05, 0.1) is 5.38 Å². The summed E-state index contributed by atoms with van der Waals surface area (Å²) in [6.07, 6.45) is 0.980. The lowest BCUT2D eigenvalue weighted by molar-refractivity contribution is 0.245. The van der Waals surface area contributed by atoms with Gasteiger partial charge < -0.3 is 0 Å². The molecule has 0 saturated carbocycles. The van der Waals surface area contributed by atoms with Crippen molar-refractivity contribution in [1.29, 1.82) is 0 Å². The fourth-order valence-electron chi connectivity index (χ4n) is 1.30. The first-order valence-electron chi connectivity index (χ1n) is 5.30. The van der Waals surface area contributed by atoms with Crippen molar-refractivity contribution < 1.29 is 0 Å². The summed E-state index contributed by atoms with van der Waals surface area (Å²) in [7, 11) is 0. The minimum absolute atomic E-state index is 0.0584. The minimum atomic E-state index is 0.0584. The van der Waals surface area contributed by atoms with Crippen LogP contribution in [0.1, 0.15) is 44.4 Å². The SMILES string of the molecule is CC(CC(Cl)c1cc(Br)c(Cl)s1)C(C)(C)C. The Morgan fingerprint density at radius 1 is 1.44 bits per heavy atom. The van der Waals surface area contributed by atoms with Crippen LogP contribution in [0.4, 0.5) is 0 Å². The highest BCUT2D eigenvalue weighted by Crippen LogP contribution is 2.42. The highest BCUT2D eigenvalue weighted by Gasteiger charge is 2.24. The number of hydrogen-bond donors (Lipinski definition) is 0. The molecule has 0 N–H and O–H groups in total. The molecule has 2 atom stereocenters. The maximum atomic E-state index is 6.42. The van der Waals surface area contributed by atoms with Crippen LogP contribution in [0.25, 0.3) is 0 Å². The Kier molecular flexibility index (Phi) is 5.19. The van der Waals surface area contributed by atoms with Crippen molar-refractivity contribution in [3.05, 3.63) is 19.8 Å². The van der Waals surface area contributed by atoms with Crippen LogP contribution in [-0.4, -0.2) is 0 Å². The highest BCUT2D eigenvalue weighted by molar-refractivity contribution is 9.10. The van der Waals surface area contributed by atoms with Gasteiger partial charge in [0, 0.05) is 9.35 Å². The predicted molar refractivity (Wildman–Crippen MR) is 78.9 cm³/mol. The van der Waals surface area contributed by atoms with Gasteiger partial charge in [-0.25, -0.2) is 0 Å². The third-order valence-electron chi connectivity index (χ3n) is 3.01. The maximum absolute atomic E-state index is 6.42. The van der Waals surface area contributed by atoms with Crippen molar-refractivity contribution in [2.45, 2.75) is 39.5 Å². The molecule has 1 aromatic heterocycles. The summed E-state index contributed by atoms with van der Waals surface area (Å²) in [5.41, 5.74) is 0.297. The number of hydrogen-bond acceptors (Lipinski definition) is 1. The summed E-state index contributed by atoms with van der Waals surface area (Å²) in [6.45, 7) is 9.00. The molecule has 1 aromatic rings. The smallest absolute Gasteiger partial charge is 0.107 e. The van der Waals surface area contributed by atoms with E-state index in [0.29, 0.717) is 11.3 Å². The second-order valence-corrected chi connectivity index (χ2v) is 8.31. The maximum Gasteiger partial charge on any atom is 0.107 e. The van der Waals surface area contributed by atoms with Crippen molar-refractivity contribution in [3.63, 3.8) is 0 Å². The van der Waals surface area contributed by atoms with E-state index in [1.54, 1.807) is 11.3 Å². The van der Waals surface area contributed by atoms with E-state index in [9.17, 15) is 0 Å². The number of rotatable bonds is 3. The van der Waals surface area contributed by atoms with Crippen LogP contribution < -0.4 is 0 Å². The average molecular weight is 344 g/mol. The highest BCUT2D eigenvalue weighted by atomic mass is 79.9. The molecular weight excluding hydrogens is 327 g/mol. The van der Waals surface area contributed by atoms with Gasteiger partial charge in [-0.2, -0.15) is 0 Å². The fraction of sp³-hybridized carbons (Fsp3) is 0.667. The lowest BCUT2D eigenvalue weighted by Gasteiger charge is -2.28. The van der Waals surface area contributed by atoms with Gasteiger partial charge >= 0.3 is 0 Å². The number of halogens is 3. The Morgan fingerprint density at radius 3 is 2.38 bits per heavy atom. The molecule has 0 aliphatic rings. The van der Waals surface area contributed by atoms with Crippen LogP contribution in [0.15, 0.2) is 10.5 Å². The third-order valence-corrected chi connectivity index (χ3v) is 6.14. The minimum Gasteiger partial charge on any atom is -0.126 e. The number of alkyl halides is 1. The van der Waals surface area contributed by atoms with Gasteiger partial charge in [-0.15, -0.1) is 22.9 Å². The first-order valence-corrected chi connectivity index (χ1v) is 7.73. The predicted octanol–water partition coefficient (Wildman–Crippen LogP) is 6.52. The van der Waals surface area contributed by atoms with Crippen molar-refractivity contribution in [3.8, 4) is 0 Å². The average Bonchev–Trinajstić information content (AvgIpc) is 2.45. The molecule has 92 valence electrons. The molecule has 0 radical (unpaired) electrons. The summed E-state index contributed by atoms with van der Waals surface area (Å²) < 4.78 is 1.73. The Hall–Kier alpha value is 0.760. The molecule has 0 spiro atoms. The summed E-state index contributed by atoms with van der Waals surface area (Å²) in [6, 6.07) is 2.03. The van der Waals surface area contributed by atoms with Crippen LogP contribution in [0.2, 0.25) is 4.34 Å². The Labute approximate surface area is 120 Å². The van der Waals surface area contributed by atoms with E-state index in [1.807, 2.05) is 6.07 Å². The molecule has 1 heterocycles. The molecule has 0 fully saturated rings. The van der Waals surface area contributed by atoms with E-state index in [1.165, 1.54) is 0 Å². The van der Waals surface area contributed by atoms with E-state index >= 15 is 0 Å². The molecule has 0 nitrogen and oxygen atoms in total. The second kappa shape index (κ2) is 5.60. The Bertz CT molecular complexity index is 335. The molecule has 4 heteroatoms. The van der Waals surface area contributed by atoms with E-state index in [4.69, 9.17) is 23.2 Å². The van der Waals surface area contributed by atoms with E-state index in [2.05, 4.69) is 43.6 Å². The molecule has 0 saturated heterocycles. The second-order valence-electron chi connectivity index (χ2n) is 5.24. The standard InChI is InChI=1S/C12H17BrCl2S/c1-7(12(2,3)4)5-9(14)10-6-8(13)11(15)16-10/h6-7,9H,5H2,1-4H3. The van der Waals surface area contributed by atoms with Crippen LogP contribution in [0.3, 0.4) is 0 Å². The van der Waals surface area contributed by atoms with Crippen molar-refractivity contribution >= 4 is 50.5 Å². The van der Waals surface area contributed by atoms with Gasteiger partial charge in [-0.3, -0.25) is 0 Å². The first kappa shape index (κ1) is 14.8. The zero-order chi connectivity index (χ0) is 12.5. The van der Waals surface area contributed by atoms with Gasteiger partial charge in [0.25, 0.3) is 0 Å². The molecule has 0 aliphatic heterocycles. The molecule has 0 bridgehead atoms. The quantitative estimate of drug-likeness (QED) is 0.548. The molecule has 0 amide bonds. The summed E-state index contributed by atoms with van der Waals surface area (Å²) in [4.78, 5) is 1.15. The van der Waals surface area contributed by atoms with Gasteiger partial charge in [-0.05, 0) is 39.8 Å². The van der Waals surface area contributed by atoms with Crippen LogP contribution in [0, 0.1) is 11.3 Å². The van der Waals surface area contributed by atoms with Crippen LogP contribution in [-0.2, 0) is 0 Å². The topological polar surface area (TPSA) is 0 Å². The number of thiophene rings is 1. The van der Waals surface area contributed by atoms with Crippen LogP contribution in [0.5, 0.6) is 0 Å². The molecular formula is C12H17BrCl2S. The molecule has 2 unspecified atom stereocenters. The van der Waals surface area contributed by atoms with E-state index in [0.717, 1.165) is 20.1 Å². The third kappa shape index (κ3) is 3.90. The lowest BCUT2D eigenvalue weighted by Crippen LogP contribution is -2.18. The van der Waals surface area contributed by atoms with Gasteiger partial charge in [0.15, 0.2) is 0 Å². The summed E-state index contributed by atoms with van der Waals surface area (Å²) >= 11 is 17.4. The van der Waals surface area contributed by atoms with Gasteiger partial charge in [-0.1, -0.05) is 39.3 Å². The fourth-order valence-corrected chi connectivity index (χ4v) is 3.49. The molecule has 1 rings (SSSR count). The summed E-state index contributed by atoms with van der Waals surface area (Å²) in [5, 5.41) is 0.0584. The van der Waals surface area contributed by atoms with Crippen molar-refractivity contribution in [2.75, 3.05) is 0 Å². The normalized spacial score (nSPS) is 16.2. The summed E-state index contributed by atoms with van der Waals surface area (Å²) in [5.74, 6) is 0.578. The van der Waals surface area contributed by atoms with Gasteiger partial charge in [0.1, 0.15) is 4.34 Å². The molecule has 0 aromatic carbocycles. The molecule has 0 aliphatic carbocycles. The Balaban J connectivity index is 2.69. The van der Waals surface area contributed by atoms with Gasteiger partial charge in [0.2, 0.25) is 0 Å². The Morgan fingerprint density at radius 2 is 2.00 bits per heavy atom. The largest absolute Gasteiger partial charge is 0.126 e. The van der Waals surface area contributed by atoms with Crippen molar-refractivity contribution in [2.24, 2.45) is 11.3 Å². The van der Waals surface area contributed by atoms with Crippen LogP contribution >= 0.6 is 50.5 Å². The lowest BCUT2D eigenvalue weighted by atomic mass is 9.79. The van der Waals surface area contributed by atoms with E-state index < -0.39 is 0 Å². The first-order chi connectivity index (χ1) is 7.21. The molecule has 16 heavy (non-hydrogen) atoms. The monoisotopic (exact) mass is 342 g/mol.